The minimum Gasteiger partial charge on any atom is -0.310 e. The summed E-state index contributed by atoms with van der Waals surface area (Å²) in [7, 11) is 0. The molecule has 0 aromatic heterocycles. The van der Waals surface area contributed by atoms with Crippen LogP contribution in [0.3, 0.4) is 0 Å². The third-order valence-corrected chi connectivity index (χ3v) is 3.59. The Kier molecular flexibility index (Phi) is 4.11. The molecule has 1 aliphatic carbocycles. The third-order valence-electron chi connectivity index (χ3n) is 3.59. The van der Waals surface area contributed by atoms with Crippen molar-refractivity contribution in [1.29, 1.82) is 0 Å². The summed E-state index contributed by atoms with van der Waals surface area (Å²) < 4.78 is 26.1. The van der Waals surface area contributed by atoms with Gasteiger partial charge in [-0.3, -0.25) is 0 Å². The van der Waals surface area contributed by atoms with Crippen molar-refractivity contribution in [2.45, 2.75) is 38.6 Å². The molecule has 0 radical (unpaired) electrons. The molecular weight excluding hydrogens is 220 g/mol. The fraction of sp³-hybridized carbons (Fsp3) is 0.571. The van der Waals surface area contributed by atoms with Crippen molar-refractivity contribution in [3.05, 3.63) is 35.4 Å². The molecule has 1 nitrogen and oxygen atoms in total. The molecule has 1 saturated carbocycles. The van der Waals surface area contributed by atoms with Crippen molar-refractivity contribution in [2.24, 2.45) is 5.92 Å². The predicted molar refractivity (Wildman–Crippen MR) is 64.7 cm³/mol. The molecule has 0 aliphatic heterocycles. The number of benzene rings is 1. The molecule has 1 aromatic carbocycles. The maximum atomic E-state index is 13.2. The zero-order valence-corrected chi connectivity index (χ0v) is 10.2. The number of halogens is 2. The Morgan fingerprint density at radius 2 is 2.06 bits per heavy atom. The highest BCUT2D eigenvalue weighted by atomic mass is 19.2. The summed E-state index contributed by atoms with van der Waals surface area (Å²) in [6.07, 6.45) is 4.87. The third kappa shape index (κ3) is 3.03. The highest BCUT2D eigenvalue weighted by molar-refractivity contribution is 5.21. The fourth-order valence-corrected chi connectivity index (χ4v) is 2.37. The molecule has 0 amide bonds. The second kappa shape index (κ2) is 5.58. The van der Waals surface area contributed by atoms with Crippen LogP contribution in [0.2, 0.25) is 0 Å². The second-order valence-corrected chi connectivity index (χ2v) is 4.82. The van der Waals surface area contributed by atoms with Crippen LogP contribution in [0, 0.1) is 17.6 Å². The largest absolute Gasteiger partial charge is 0.310 e. The zero-order valence-electron chi connectivity index (χ0n) is 10.2. The summed E-state index contributed by atoms with van der Waals surface area (Å²) >= 11 is 0. The first-order valence-corrected chi connectivity index (χ1v) is 6.39. The van der Waals surface area contributed by atoms with Crippen molar-refractivity contribution in [3.63, 3.8) is 0 Å². The Morgan fingerprint density at radius 1 is 1.29 bits per heavy atom. The summed E-state index contributed by atoms with van der Waals surface area (Å²) in [5, 5.41) is 3.36. The van der Waals surface area contributed by atoms with E-state index in [0.29, 0.717) is 0 Å². The molecule has 1 N–H and O–H groups in total. The molecule has 17 heavy (non-hydrogen) atoms. The van der Waals surface area contributed by atoms with Crippen LogP contribution < -0.4 is 5.32 Å². The van der Waals surface area contributed by atoms with Gasteiger partial charge in [0.15, 0.2) is 11.6 Å². The molecule has 1 atom stereocenters. The molecule has 1 fully saturated rings. The maximum absolute atomic E-state index is 13.2. The SMILES string of the molecule is CCNC(CC1CCC1)c1ccc(F)c(F)c1. The summed E-state index contributed by atoms with van der Waals surface area (Å²) in [4.78, 5) is 0. The lowest BCUT2D eigenvalue weighted by molar-refractivity contribution is 0.262. The standard InChI is InChI=1S/C14H19F2N/c1-2-17-14(8-10-4-3-5-10)11-6-7-12(15)13(16)9-11/h6-7,9-10,14,17H,2-5,8H2,1H3. The Labute approximate surface area is 101 Å². The smallest absolute Gasteiger partial charge is 0.159 e. The van der Waals surface area contributed by atoms with Crippen LogP contribution >= 0.6 is 0 Å². The van der Waals surface area contributed by atoms with Crippen molar-refractivity contribution in [1.82, 2.24) is 5.32 Å². The number of hydrogen-bond acceptors (Lipinski definition) is 1. The van der Waals surface area contributed by atoms with E-state index >= 15 is 0 Å². The normalized spacial score (nSPS) is 17.8. The van der Waals surface area contributed by atoms with E-state index in [0.717, 1.165) is 24.4 Å². The molecule has 0 heterocycles. The molecule has 0 bridgehead atoms. The molecule has 1 aliphatic rings. The minimum atomic E-state index is -0.771. The van der Waals surface area contributed by atoms with E-state index in [2.05, 4.69) is 5.32 Å². The molecule has 3 heteroatoms. The van der Waals surface area contributed by atoms with Crippen molar-refractivity contribution in [2.75, 3.05) is 6.54 Å². The monoisotopic (exact) mass is 239 g/mol. The average Bonchev–Trinajstić information content (AvgIpc) is 2.25. The molecule has 1 aromatic rings. The van der Waals surface area contributed by atoms with Crippen molar-refractivity contribution in [3.8, 4) is 0 Å². The minimum absolute atomic E-state index is 0.153. The molecule has 1 unspecified atom stereocenters. The summed E-state index contributed by atoms with van der Waals surface area (Å²) in [5.41, 5.74) is 0.859. The van der Waals surface area contributed by atoms with Gasteiger partial charge >= 0.3 is 0 Å². The number of hydrogen-bond donors (Lipinski definition) is 1. The zero-order chi connectivity index (χ0) is 12.3. The Bertz CT molecular complexity index is 374. The predicted octanol–water partition coefficient (Wildman–Crippen LogP) is 3.81. The summed E-state index contributed by atoms with van der Waals surface area (Å²) in [6.45, 7) is 2.88. The molecule has 2 rings (SSSR count). The average molecular weight is 239 g/mol. The van der Waals surface area contributed by atoms with E-state index < -0.39 is 11.6 Å². The first-order valence-electron chi connectivity index (χ1n) is 6.39. The van der Waals surface area contributed by atoms with E-state index in [1.54, 1.807) is 6.07 Å². The van der Waals surface area contributed by atoms with E-state index in [1.807, 2.05) is 6.92 Å². The molecule has 0 spiro atoms. The van der Waals surface area contributed by atoms with Gasteiger partial charge < -0.3 is 5.32 Å². The lowest BCUT2D eigenvalue weighted by atomic mass is 9.79. The van der Waals surface area contributed by atoms with Crippen molar-refractivity contribution >= 4 is 0 Å². The van der Waals surface area contributed by atoms with Crippen LogP contribution in [-0.2, 0) is 0 Å². The Morgan fingerprint density at radius 3 is 2.59 bits per heavy atom. The van der Waals surface area contributed by atoms with Gasteiger partial charge in [-0.25, -0.2) is 8.78 Å². The Balaban J connectivity index is 2.09. The van der Waals surface area contributed by atoms with E-state index in [4.69, 9.17) is 0 Å². The van der Waals surface area contributed by atoms with Crippen LogP contribution in [0.1, 0.15) is 44.2 Å². The second-order valence-electron chi connectivity index (χ2n) is 4.82. The van der Waals surface area contributed by atoms with Crippen molar-refractivity contribution < 1.29 is 8.78 Å². The molecule has 0 saturated heterocycles. The highest BCUT2D eigenvalue weighted by Crippen LogP contribution is 2.34. The van der Waals surface area contributed by atoms with Gasteiger partial charge in [-0.2, -0.15) is 0 Å². The molecular formula is C14H19F2N. The first kappa shape index (κ1) is 12.5. The van der Waals surface area contributed by atoms with Crippen LogP contribution in [0.4, 0.5) is 8.78 Å². The van der Waals surface area contributed by atoms with Gasteiger partial charge in [0.2, 0.25) is 0 Å². The number of nitrogens with one attached hydrogen (secondary N) is 1. The lowest BCUT2D eigenvalue weighted by Crippen LogP contribution is -2.26. The van der Waals surface area contributed by atoms with Gasteiger partial charge in [0, 0.05) is 6.04 Å². The van der Waals surface area contributed by atoms with Gasteiger partial charge in [-0.1, -0.05) is 32.3 Å². The van der Waals surface area contributed by atoms with Gasteiger partial charge in [0.1, 0.15) is 0 Å². The van der Waals surface area contributed by atoms with Crippen LogP contribution in [0.25, 0.3) is 0 Å². The van der Waals surface area contributed by atoms with Gasteiger partial charge in [0.05, 0.1) is 0 Å². The summed E-state index contributed by atoms with van der Waals surface area (Å²) in [6, 6.07) is 4.38. The lowest BCUT2D eigenvalue weighted by Gasteiger charge is -2.30. The van der Waals surface area contributed by atoms with Crippen LogP contribution in [0.15, 0.2) is 18.2 Å². The van der Waals surface area contributed by atoms with E-state index in [1.165, 1.54) is 31.4 Å². The van der Waals surface area contributed by atoms with E-state index in [-0.39, 0.29) is 6.04 Å². The maximum Gasteiger partial charge on any atom is 0.159 e. The van der Waals surface area contributed by atoms with Gasteiger partial charge in [-0.15, -0.1) is 0 Å². The summed E-state index contributed by atoms with van der Waals surface area (Å²) in [5.74, 6) is -0.779. The Hall–Kier alpha value is -0.960. The first-order chi connectivity index (χ1) is 8.20. The fourth-order valence-electron chi connectivity index (χ4n) is 2.37. The van der Waals surface area contributed by atoms with Gasteiger partial charge in [-0.05, 0) is 36.6 Å². The van der Waals surface area contributed by atoms with Gasteiger partial charge in [0.25, 0.3) is 0 Å². The quantitative estimate of drug-likeness (QED) is 0.824. The number of rotatable bonds is 5. The topological polar surface area (TPSA) is 12.0 Å². The van der Waals surface area contributed by atoms with E-state index in [9.17, 15) is 8.78 Å². The highest BCUT2D eigenvalue weighted by Gasteiger charge is 2.23. The molecule has 94 valence electrons. The van der Waals surface area contributed by atoms with Crippen LogP contribution in [0.5, 0.6) is 0 Å². The van der Waals surface area contributed by atoms with Crippen LogP contribution in [-0.4, -0.2) is 6.54 Å².